The highest BCUT2D eigenvalue weighted by atomic mass is 16.5. The van der Waals surface area contributed by atoms with Gasteiger partial charge in [0.05, 0.1) is 37.9 Å². The molecule has 0 aromatic heterocycles. The minimum absolute atomic E-state index is 0.0350. The number of hydrogen-bond acceptors (Lipinski definition) is 8. The topological polar surface area (TPSA) is 77.5 Å². The summed E-state index contributed by atoms with van der Waals surface area (Å²) < 4.78 is 23.3. The third-order valence-electron chi connectivity index (χ3n) is 9.70. The van der Waals surface area contributed by atoms with Crippen molar-refractivity contribution in [1.29, 1.82) is 0 Å². The summed E-state index contributed by atoms with van der Waals surface area (Å²) in [5.74, 6) is 0.769. The van der Waals surface area contributed by atoms with Gasteiger partial charge in [-0.2, -0.15) is 0 Å². The normalized spacial score (nSPS) is 17.0. The molecule has 1 aliphatic heterocycles. The van der Waals surface area contributed by atoms with Crippen molar-refractivity contribution in [2.24, 2.45) is 5.92 Å². The summed E-state index contributed by atoms with van der Waals surface area (Å²) in [6, 6.07) is 0.186. The molecule has 1 aliphatic rings. The first-order valence-electron chi connectivity index (χ1n) is 20.4. The van der Waals surface area contributed by atoms with Crippen molar-refractivity contribution in [3.05, 3.63) is 12.3 Å². The van der Waals surface area contributed by atoms with Gasteiger partial charge in [0.2, 0.25) is 0 Å². The minimum Gasteiger partial charge on any atom is -0.497 e. The lowest BCUT2D eigenvalue weighted by atomic mass is 9.94. The molecule has 0 aliphatic carbocycles. The van der Waals surface area contributed by atoms with Crippen LogP contribution in [0.25, 0.3) is 0 Å². The van der Waals surface area contributed by atoms with Crippen molar-refractivity contribution in [1.82, 2.24) is 9.80 Å². The molecule has 1 fully saturated rings. The van der Waals surface area contributed by atoms with Gasteiger partial charge in [-0.25, -0.2) is 0 Å². The zero-order valence-corrected chi connectivity index (χ0v) is 32.8. The van der Waals surface area contributed by atoms with Crippen molar-refractivity contribution in [3.8, 4) is 0 Å². The van der Waals surface area contributed by atoms with Crippen LogP contribution in [0.2, 0.25) is 0 Å². The quantitative estimate of drug-likeness (QED) is 0.0375. The monoisotopic (exact) mass is 695 g/mol. The molecule has 288 valence electrons. The van der Waals surface area contributed by atoms with Crippen LogP contribution in [0.1, 0.15) is 162 Å². The molecule has 3 atom stereocenters. The Balaban J connectivity index is 2.35. The summed E-state index contributed by atoms with van der Waals surface area (Å²) in [4.78, 5) is 28.6. The maximum atomic E-state index is 12.9. The Morgan fingerprint density at radius 1 is 0.694 bits per heavy atom. The van der Waals surface area contributed by atoms with Crippen LogP contribution in [0.15, 0.2) is 12.3 Å². The van der Waals surface area contributed by atoms with Crippen LogP contribution < -0.4 is 0 Å². The van der Waals surface area contributed by atoms with E-state index in [0.29, 0.717) is 19.8 Å². The molecule has 49 heavy (non-hydrogen) atoms. The fraction of sp³-hybridized carbons (Fsp3) is 0.902. The maximum Gasteiger partial charge on any atom is 0.308 e. The zero-order chi connectivity index (χ0) is 36.0. The lowest BCUT2D eigenvalue weighted by Gasteiger charge is -2.25. The van der Waals surface area contributed by atoms with Gasteiger partial charge >= 0.3 is 11.9 Å². The molecule has 0 aromatic rings. The second-order valence-electron chi connectivity index (χ2n) is 14.6. The predicted molar refractivity (Wildman–Crippen MR) is 203 cm³/mol. The number of hydrogen-bond donors (Lipinski definition) is 0. The van der Waals surface area contributed by atoms with Crippen LogP contribution in [0.5, 0.6) is 0 Å². The van der Waals surface area contributed by atoms with E-state index in [0.717, 1.165) is 122 Å². The van der Waals surface area contributed by atoms with Gasteiger partial charge in [0.1, 0.15) is 5.76 Å². The van der Waals surface area contributed by atoms with Gasteiger partial charge in [-0.15, -0.1) is 0 Å². The Morgan fingerprint density at radius 2 is 1.22 bits per heavy atom. The van der Waals surface area contributed by atoms with Gasteiger partial charge in [0.15, 0.2) is 0 Å². The van der Waals surface area contributed by atoms with E-state index >= 15 is 0 Å². The predicted octanol–water partition coefficient (Wildman–Crippen LogP) is 9.49. The molecular formula is C41H78N2O6. The van der Waals surface area contributed by atoms with Crippen molar-refractivity contribution in [2.45, 2.75) is 174 Å². The molecule has 0 bridgehead atoms. The molecule has 0 aromatic carbocycles. The average molecular weight is 695 g/mol. The lowest BCUT2D eigenvalue weighted by molar-refractivity contribution is -0.149. The molecule has 1 rings (SSSR count). The highest BCUT2D eigenvalue weighted by molar-refractivity contribution is 5.72. The van der Waals surface area contributed by atoms with Crippen LogP contribution in [0.3, 0.4) is 0 Å². The summed E-state index contributed by atoms with van der Waals surface area (Å²) >= 11 is 0. The number of nitrogens with zero attached hydrogens (tertiary/aromatic N) is 2. The maximum absolute atomic E-state index is 12.9. The summed E-state index contributed by atoms with van der Waals surface area (Å²) in [5, 5.41) is 0. The fourth-order valence-electron chi connectivity index (χ4n) is 6.70. The van der Waals surface area contributed by atoms with E-state index in [-0.39, 0.29) is 30.0 Å². The minimum atomic E-state index is -0.202. The Bertz CT molecular complexity index is 822. The fourth-order valence-corrected chi connectivity index (χ4v) is 6.70. The standard InChI is InChI=1S/C41H78N2O6/c1-7-9-11-13-14-20-27-38(26-19-12-10-8-2)41(45)49-32-24-18-17-22-30-46-36(3)40-34-39(48-33-25-28-42(5)6)35-43(40)29-21-15-16-23-31-47-37(4)44/h38-40H,3,7-35H2,1-2,4-6H3. The van der Waals surface area contributed by atoms with Crippen LogP contribution >= 0.6 is 0 Å². The molecule has 3 unspecified atom stereocenters. The van der Waals surface area contributed by atoms with E-state index in [2.05, 4.69) is 44.3 Å². The Kier molecular flexibility index (Phi) is 28.8. The molecule has 0 saturated carbocycles. The highest BCUT2D eigenvalue weighted by Gasteiger charge is 2.34. The van der Waals surface area contributed by atoms with Gasteiger partial charge in [0.25, 0.3) is 0 Å². The van der Waals surface area contributed by atoms with Crippen LogP contribution in [0, 0.1) is 5.92 Å². The van der Waals surface area contributed by atoms with E-state index in [1.54, 1.807) is 0 Å². The first kappa shape index (κ1) is 45.4. The molecule has 0 radical (unpaired) electrons. The average Bonchev–Trinajstić information content (AvgIpc) is 3.48. The number of carbonyl (C=O) groups excluding carboxylic acids is 2. The van der Waals surface area contributed by atoms with Crippen molar-refractivity contribution in [2.75, 3.05) is 60.2 Å². The summed E-state index contributed by atoms with van der Waals surface area (Å²) in [6.45, 7) is 15.7. The number of rotatable bonds is 34. The van der Waals surface area contributed by atoms with Crippen molar-refractivity contribution < 1.29 is 28.5 Å². The summed E-state index contributed by atoms with van der Waals surface area (Å²) in [6.07, 6.45) is 24.7. The Labute approximate surface area is 302 Å². The van der Waals surface area contributed by atoms with E-state index in [9.17, 15) is 9.59 Å². The third-order valence-corrected chi connectivity index (χ3v) is 9.70. The third kappa shape index (κ3) is 25.0. The van der Waals surface area contributed by atoms with Crippen LogP contribution in [-0.4, -0.2) is 94.0 Å². The van der Waals surface area contributed by atoms with Gasteiger partial charge < -0.3 is 23.8 Å². The van der Waals surface area contributed by atoms with Crippen LogP contribution in [0.4, 0.5) is 0 Å². The molecule has 1 heterocycles. The highest BCUT2D eigenvalue weighted by Crippen LogP contribution is 2.27. The second-order valence-corrected chi connectivity index (χ2v) is 14.6. The van der Waals surface area contributed by atoms with E-state index in [4.69, 9.17) is 18.9 Å². The number of ether oxygens (including phenoxy) is 4. The Hall–Kier alpha value is -1.64. The number of unbranched alkanes of at least 4 members (excludes halogenated alkanes) is 14. The molecular weight excluding hydrogens is 616 g/mol. The van der Waals surface area contributed by atoms with E-state index < -0.39 is 0 Å². The number of esters is 2. The van der Waals surface area contributed by atoms with Gasteiger partial charge in [-0.05, 0) is 91.4 Å². The summed E-state index contributed by atoms with van der Waals surface area (Å²) in [5.41, 5.74) is 0. The second kappa shape index (κ2) is 31.1. The number of likely N-dealkylation sites (tertiary alicyclic amines) is 1. The molecule has 0 N–H and O–H groups in total. The SMILES string of the molecule is C=C(OCCCCCCOC(=O)C(CCCCCC)CCCCCCCC)C1CC(OCCCN(C)C)CN1CCCCCCOC(C)=O. The first-order valence-corrected chi connectivity index (χ1v) is 20.4. The van der Waals surface area contributed by atoms with Gasteiger partial charge in [-0.3, -0.25) is 14.5 Å². The van der Waals surface area contributed by atoms with Crippen molar-refractivity contribution in [3.63, 3.8) is 0 Å². The van der Waals surface area contributed by atoms with E-state index in [1.807, 2.05) is 0 Å². The first-order chi connectivity index (χ1) is 23.8. The van der Waals surface area contributed by atoms with Gasteiger partial charge in [-0.1, -0.05) is 97.5 Å². The molecule has 0 amide bonds. The lowest BCUT2D eigenvalue weighted by Crippen LogP contribution is -2.33. The molecule has 8 heteroatoms. The zero-order valence-electron chi connectivity index (χ0n) is 32.8. The van der Waals surface area contributed by atoms with Gasteiger partial charge in [0, 0.05) is 20.1 Å². The van der Waals surface area contributed by atoms with Crippen molar-refractivity contribution >= 4 is 11.9 Å². The molecule has 8 nitrogen and oxygen atoms in total. The largest absolute Gasteiger partial charge is 0.497 e. The van der Waals surface area contributed by atoms with Crippen LogP contribution in [-0.2, 0) is 28.5 Å². The Morgan fingerprint density at radius 3 is 1.84 bits per heavy atom. The van der Waals surface area contributed by atoms with E-state index in [1.165, 1.54) is 58.3 Å². The number of carbonyl (C=O) groups is 2. The molecule has 1 saturated heterocycles. The smallest absolute Gasteiger partial charge is 0.308 e. The molecule has 0 spiro atoms. The summed E-state index contributed by atoms with van der Waals surface area (Å²) in [7, 11) is 4.19.